The lowest BCUT2D eigenvalue weighted by Crippen LogP contribution is -2.37. The quantitative estimate of drug-likeness (QED) is 0.660. The molecule has 0 radical (unpaired) electrons. The zero-order valence-corrected chi connectivity index (χ0v) is 17.3. The number of aromatic nitrogens is 2. The molecule has 0 bridgehead atoms. The van der Waals surface area contributed by atoms with Crippen molar-refractivity contribution in [3.63, 3.8) is 0 Å². The zero-order valence-electron chi connectivity index (χ0n) is 15.6. The Bertz CT molecular complexity index is 993. The van der Waals surface area contributed by atoms with Crippen LogP contribution >= 0.6 is 11.3 Å². The molecule has 1 aromatic carbocycles. The summed E-state index contributed by atoms with van der Waals surface area (Å²) in [5, 5.41) is 15.5. The molecule has 1 N–H and O–H groups in total. The summed E-state index contributed by atoms with van der Waals surface area (Å²) in [6, 6.07) is 3.40. The van der Waals surface area contributed by atoms with Crippen molar-refractivity contribution >= 4 is 43.6 Å². The van der Waals surface area contributed by atoms with Crippen LogP contribution in [-0.2, 0) is 16.4 Å². The minimum Gasteiger partial charge on any atom is -0.369 e. The van der Waals surface area contributed by atoms with Crippen molar-refractivity contribution in [3.8, 4) is 0 Å². The molecule has 0 fully saturated rings. The van der Waals surface area contributed by atoms with Gasteiger partial charge in [0.15, 0.2) is 5.75 Å². The zero-order chi connectivity index (χ0) is 21.2. The second-order valence-corrected chi connectivity index (χ2v) is 9.10. The average Bonchev–Trinajstić information content (AvgIpc) is 3.11. The van der Waals surface area contributed by atoms with Crippen LogP contribution in [0, 0.1) is 0 Å². The van der Waals surface area contributed by atoms with E-state index in [0.29, 0.717) is 6.54 Å². The summed E-state index contributed by atoms with van der Waals surface area (Å²) >= 11 is 1.12. The molecule has 2 heterocycles. The van der Waals surface area contributed by atoms with Crippen molar-refractivity contribution in [2.75, 3.05) is 21.9 Å². The topological polar surface area (TPSA) is 99.9 Å². The molecule has 1 aliphatic rings. The molecule has 2 aromatic rings. The molecule has 1 aromatic heterocycles. The third-order valence-corrected chi connectivity index (χ3v) is 6.23. The Morgan fingerprint density at radius 2 is 2.10 bits per heavy atom. The van der Waals surface area contributed by atoms with E-state index in [4.69, 9.17) is 0 Å². The highest BCUT2D eigenvalue weighted by molar-refractivity contribution is 7.92. The van der Waals surface area contributed by atoms with E-state index in [1.54, 1.807) is 6.07 Å². The lowest BCUT2D eigenvalue weighted by molar-refractivity contribution is -0.106. The normalized spacial score (nSPS) is 17.6. The molecule has 0 amide bonds. The number of hydrogen-bond donors (Lipinski definition) is 1. The number of alkyl halides is 3. The van der Waals surface area contributed by atoms with E-state index in [0.717, 1.165) is 35.4 Å². The van der Waals surface area contributed by atoms with E-state index >= 15 is 0 Å². The predicted molar refractivity (Wildman–Crippen MR) is 105 cm³/mol. The minimum absolute atomic E-state index is 0.0613. The van der Waals surface area contributed by atoms with Crippen molar-refractivity contribution in [1.82, 2.24) is 10.2 Å². The molecule has 1 unspecified atom stereocenters. The predicted octanol–water partition coefficient (Wildman–Crippen LogP) is 4.42. The van der Waals surface area contributed by atoms with Crippen molar-refractivity contribution < 1.29 is 21.6 Å². The molecule has 3 rings (SSSR count). The Morgan fingerprint density at radius 3 is 2.72 bits per heavy atom. The number of sulfonamides is 1. The average molecular weight is 448 g/mol. The number of benzene rings is 1. The van der Waals surface area contributed by atoms with Crippen LogP contribution in [0.5, 0.6) is 0 Å². The maximum atomic E-state index is 12.6. The number of hydrogen-bond acceptors (Lipinski definition) is 8. The van der Waals surface area contributed by atoms with Crippen molar-refractivity contribution in [1.29, 1.82) is 0 Å². The largest absolute Gasteiger partial charge is 0.404 e. The number of aryl methyl sites for hydroxylation is 1. The second-order valence-electron chi connectivity index (χ2n) is 6.57. The third-order valence-electron chi connectivity index (χ3n) is 4.42. The molecule has 13 heteroatoms. The van der Waals surface area contributed by atoms with E-state index in [-0.39, 0.29) is 22.5 Å². The van der Waals surface area contributed by atoms with Gasteiger partial charge < -0.3 is 4.90 Å². The number of nitrogens with one attached hydrogen (secondary N) is 1. The summed E-state index contributed by atoms with van der Waals surface area (Å²) in [6.07, 6.45) is -3.23. The fourth-order valence-corrected chi connectivity index (χ4v) is 4.59. The Kier molecular flexibility index (Phi) is 6.08. The fourth-order valence-electron chi connectivity index (χ4n) is 3.22. The van der Waals surface area contributed by atoms with Gasteiger partial charge in [-0.1, -0.05) is 11.3 Å². The van der Waals surface area contributed by atoms with Gasteiger partial charge in [-0.15, -0.1) is 20.4 Å². The van der Waals surface area contributed by atoms with Gasteiger partial charge in [-0.3, -0.25) is 4.72 Å². The fraction of sp³-hybridized carbons (Fsp3) is 0.500. The Hall–Kier alpha value is -2.28. The minimum atomic E-state index is -4.86. The van der Waals surface area contributed by atoms with Gasteiger partial charge >= 0.3 is 6.18 Å². The summed E-state index contributed by atoms with van der Waals surface area (Å²) in [7, 11) is -4.67. The summed E-state index contributed by atoms with van der Waals surface area (Å²) in [4.78, 5) is 2.08. The molecule has 0 spiro atoms. The maximum Gasteiger partial charge on any atom is 0.404 e. The Morgan fingerprint density at radius 1 is 1.34 bits per heavy atom. The van der Waals surface area contributed by atoms with E-state index < -0.39 is 22.0 Å². The number of anilines is 2. The summed E-state index contributed by atoms with van der Waals surface area (Å²) in [6.45, 7) is 4.68. The number of fused-ring (bicyclic) bond motifs is 1. The van der Waals surface area contributed by atoms with Gasteiger partial charge in [0, 0.05) is 18.3 Å². The first-order chi connectivity index (χ1) is 13.6. The van der Waals surface area contributed by atoms with Gasteiger partial charge in [0.25, 0.3) is 5.13 Å². The first kappa shape index (κ1) is 21.4. The van der Waals surface area contributed by atoms with Crippen molar-refractivity contribution in [2.45, 2.75) is 38.9 Å². The molecule has 0 saturated carbocycles. The number of azo groups is 1. The van der Waals surface area contributed by atoms with Gasteiger partial charge in [-0.05, 0) is 44.4 Å². The van der Waals surface area contributed by atoms with Crippen LogP contribution in [0.2, 0.25) is 0 Å². The molecule has 8 nitrogen and oxygen atoms in total. The lowest BCUT2D eigenvalue weighted by atomic mass is 9.95. The van der Waals surface area contributed by atoms with Crippen molar-refractivity contribution in [2.24, 2.45) is 10.2 Å². The van der Waals surface area contributed by atoms with E-state index in [1.165, 1.54) is 11.6 Å². The number of nitrogens with zero attached hydrogens (tertiary/aromatic N) is 5. The van der Waals surface area contributed by atoms with Crippen LogP contribution in [0.15, 0.2) is 27.9 Å². The van der Waals surface area contributed by atoms with Gasteiger partial charge in [0.2, 0.25) is 10.0 Å². The highest BCUT2D eigenvalue weighted by Crippen LogP contribution is 2.39. The molecule has 29 heavy (non-hydrogen) atoms. The van der Waals surface area contributed by atoms with E-state index in [9.17, 15) is 21.6 Å². The summed E-state index contributed by atoms with van der Waals surface area (Å²) < 4.78 is 64.1. The van der Waals surface area contributed by atoms with Crippen LogP contribution in [0.4, 0.5) is 35.4 Å². The molecule has 1 aliphatic heterocycles. The van der Waals surface area contributed by atoms with Crippen molar-refractivity contribution in [3.05, 3.63) is 23.2 Å². The smallest absolute Gasteiger partial charge is 0.369 e. The number of halogens is 3. The summed E-state index contributed by atoms with van der Waals surface area (Å²) in [5.74, 6) is -1.99. The van der Waals surface area contributed by atoms with E-state index in [1.807, 2.05) is 18.6 Å². The Labute approximate surface area is 169 Å². The van der Waals surface area contributed by atoms with Crippen LogP contribution in [0.1, 0.15) is 25.8 Å². The van der Waals surface area contributed by atoms with Crippen LogP contribution in [0.25, 0.3) is 0 Å². The van der Waals surface area contributed by atoms with Gasteiger partial charge in [0.1, 0.15) is 11.2 Å². The third kappa shape index (κ3) is 5.41. The lowest BCUT2D eigenvalue weighted by Gasteiger charge is -2.36. The molecule has 0 aliphatic carbocycles. The molecular formula is C16H19F3N6O2S2. The summed E-state index contributed by atoms with van der Waals surface area (Å²) in [5.41, 5.74) is 3.21. The van der Waals surface area contributed by atoms with E-state index in [2.05, 4.69) is 25.3 Å². The SMILES string of the molecule is CCN1c2cc(NS(=O)(=O)CC(F)(F)F)c(N=Nc3nncs3)cc2CCC1C. The molecule has 0 saturated heterocycles. The molecule has 1 atom stereocenters. The van der Waals surface area contributed by atoms with Crippen LogP contribution < -0.4 is 9.62 Å². The van der Waals surface area contributed by atoms with Gasteiger partial charge in [-0.25, -0.2) is 8.42 Å². The van der Waals surface area contributed by atoms with Gasteiger partial charge in [-0.2, -0.15) is 13.2 Å². The van der Waals surface area contributed by atoms with Gasteiger partial charge in [0.05, 0.1) is 5.69 Å². The highest BCUT2D eigenvalue weighted by atomic mass is 32.2. The highest BCUT2D eigenvalue weighted by Gasteiger charge is 2.36. The Balaban J connectivity index is 2.04. The standard InChI is InChI=1S/C16H19F3N6O2S2/c1-3-25-10(2)4-5-11-6-12(21-23-15-22-20-9-28-15)13(7-14(11)25)24-29(26,27)8-16(17,18)19/h6-7,9-10,24H,3-5,8H2,1-2H3. The van der Waals surface area contributed by atoms with Crippen LogP contribution in [-0.4, -0.2) is 43.1 Å². The maximum absolute atomic E-state index is 12.6. The molecule has 158 valence electrons. The monoisotopic (exact) mass is 448 g/mol. The molecular weight excluding hydrogens is 429 g/mol. The number of rotatable bonds is 6. The first-order valence-corrected chi connectivity index (χ1v) is 11.3. The first-order valence-electron chi connectivity index (χ1n) is 8.76. The van der Waals surface area contributed by atoms with Crippen LogP contribution in [0.3, 0.4) is 0 Å². The second kappa shape index (κ2) is 8.22.